The Morgan fingerprint density at radius 2 is 1.44 bits per heavy atom. The van der Waals surface area contributed by atoms with Crippen molar-refractivity contribution >= 4 is 16.1 Å². The number of rotatable bonds is 2. The van der Waals surface area contributed by atoms with Crippen molar-refractivity contribution in [1.29, 1.82) is 0 Å². The quantitative estimate of drug-likeness (QED) is 0.605. The molecule has 0 aromatic rings. The second kappa shape index (κ2) is 4.65. The molecule has 0 aromatic heterocycles. The fourth-order valence-corrected chi connectivity index (χ4v) is 5.45. The van der Waals surface area contributed by atoms with Crippen LogP contribution < -0.4 is 0 Å². The summed E-state index contributed by atoms with van der Waals surface area (Å²) in [6.45, 7) is 17.0. The van der Waals surface area contributed by atoms with Gasteiger partial charge in [0.1, 0.15) is 0 Å². The lowest BCUT2D eigenvalue weighted by Crippen LogP contribution is -2.17. The van der Waals surface area contributed by atoms with Gasteiger partial charge in [0.25, 0.3) is 0 Å². The molecule has 0 N–H and O–H groups in total. The van der Waals surface area contributed by atoms with E-state index >= 15 is 0 Å². The van der Waals surface area contributed by atoms with Gasteiger partial charge in [0.05, 0.1) is 16.1 Å². The Morgan fingerprint density at radius 1 is 0.938 bits per heavy atom. The van der Waals surface area contributed by atoms with Crippen molar-refractivity contribution in [3.63, 3.8) is 0 Å². The molecule has 0 radical (unpaired) electrons. The Hall–Kier alpha value is -0.0862. The average molecular weight is 253 g/mol. The Labute approximate surface area is 104 Å². The second-order valence-corrected chi connectivity index (χ2v) is 17.6. The summed E-state index contributed by atoms with van der Waals surface area (Å²) in [4.78, 5) is 0. The summed E-state index contributed by atoms with van der Waals surface area (Å²) in [5.41, 5.74) is 8.69. The van der Waals surface area contributed by atoms with Crippen molar-refractivity contribution in [2.24, 2.45) is 5.92 Å². The van der Waals surface area contributed by atoms with E-state index in [0.717, 1.165) is 5.92 Å². The third-order valence-electron chi connectivity index (χ3n) is 2.89. The lowest BCUT2D eigenvalue weighted by atomic mass is 10.1. The standard InChI is InChI=1S/C14H28Si2/c1-12-8-13(10-15(2,3)4)9-14(12)11-16(5,6)7/h10-12H,8-9H2,1-7H3/b13-10-,14-11+. The molecule has 0 aliphatic heterocycles. The lowest BCUT2D eigenvalue weighted by Gasteiger charge is -2.13. The summed E-state index contributed by atoms with van der Waals surface area (Å²) in [6.07, 6.45) is 2.59. The van der Waals surface area contributed by atoms with Gasteiger partial charge in [-0.1, -0.05) is 68.8 Å². The van der Waals surface area contributed by atoms with Crippen molar-refractivity contribution in [3.05, 3.63) is 22.5 Å². The van der Waals surface area contributed by atoms with Crippen LogP contribution in [0.2, 0.25) is 39.3 Å². The molecule has 0 heterocycles. The fourth-order valence-electron chi connectivity index (χ4n) is 2.50. The van der Waals surface area contributed by atoms with Gasteiger partial charge in [-0.2, -0.15) is 0 Å². The lowest BCUT2D eigenvalue weighted by molar-refractivity contribution is 0.739. The summed E-state index contributed by atoms with van der Waals surface area (Å²) in [7, 11) is -2.05. The first-order valence-electron chi connectivity index (χ1n) is 6.49. The third kappa shape index (κ3) is 4.83. The summed E-state index contributed by atoms with van der Waals surface area (Å²) < 4.78 is 0. The van der Waals surface area contributed by atoms with E-state index in [1.807, 2.05) is 0 Å². The zero-order chi connectivity index (χ0) is 12.6. The van der Waals surface area contributed by atoms with Gasteiger partial charge in [-0.05, 0) is 18.8 Å². The molecule has 1 aliphatic rings. The molecular formula is C14H28Si2. The minimum Gasteiger partial charge on any atom is -0.0954 e. The maximum Gasteiger partial charge on any atom is 0.0686 e. The Bertz CT molecular complexity index is 311. The van der Waals surface area contributed by atoms with Gasteiger partial charge in [0.15, 0.2) is 0 Å². The predicted octanol–water partition coefficient (Wildman–Crippen LogP) is 5.02. The Morgan fingerprint density at radius 3 is 1.88 bits per heavy atom. The maximum atomic E-state index is 2.63. The highest BCUT2D eigenvalue weighted by atomic mass is 28.3. The summed E-state index contributed by atoms with van der Waals surface area (Å²) in [6, 6.07) is 0. The minimum absolute atomic E-state index is 0.800. The van der Waals surface area contributed by atoms with Gasteiger partial charge in [-0.25, -0.2) is 0 Å². The zero-order valence-electron chi connectivity index (χ0n) is 12.1. The molecule has 1 unspecified atom stereocenters. The normalized spacial score (nSPS) is 28.1. The number of hydrogen-bond acceptors (Lipinski definition) is 0. The van der Waals surface area contributed by atoms with Crippen molar-refractivity contribution in [3.8, 4) is 0 Å². The highest BCUT2D eigenvalue weighted by Gasteiger charge is 2.24. The molecule has 0 nitrogen and oxygen atoms in total. The second-order valence-electron chi connectivity index (χ2n) is 7.54. The third-order valence-corrected chi connectivity index (χ3v) is 5.40. The van der Waals surface area contributed by atoms with Crippen LogP contribution in [0.3, 0.4) is 0 Å². The highest BCUT2D eigenvalue weighted by molar-refractivity contribution is 6.81. The van der Waals surface area contributed by atoms with Crippen LogP contribution in [-0.2, 0) is 0 Å². The van der Waals surface area contributed by atoms with Gasteiger partial charge < -0.3 is 0 Å². The summed E-state index contributed by atoms with van der Waals surface area (Å²) in [5, 5.41) is 0. The predicted molar refractivity (Wildman–Crippen MR) is 81.3 cm³/mol. The number of hydrogen-bond donors (Lipinski definition) is 0. The average Bonchev–Trinajstić information content (AvgIpc) is 2.23. The fraction of sp³-hybridized carbons (Fsp3) is 0.714. The van der Waals surface area contributed by atoms with Gasteiger partial charge in [-0.15, -0.1) is 0 Å². The van der Waals surface area contributed by atoms with E-state index in [4.69, 9.17) is 0 Å². The van der Waals surface area contributed by atoms with Crippen LogP contribution in [0.1, 0.15) is 19.8 Å². The molecule has 92 valence electrons. The van der Waals surface area contributed by atoms with Crippen LogP contribution in [0, 0.1) is 5.92 Å². The monoisotopic (exact) mass is 252 g/mol. The van der Waals surface area contributed by atoms with Crippen molar-refractivity contribution in [1.82, 2.24) is 0 Å². The molecule has 1 aliphatic carbocycles. The maximum absolute atomic E-state index is 2.63. The molecule has 1 fully saturated rings. The molecule has 0 bridgehead atoms. The van der Waals surface area contributed by atoms with Crippen molar-refractivity contribution in [2.75, 3.05) is 0 Å². The van der Waals surface area contributed by atoms with Crippen LogP contribution >= 0.6 is 0 Å². The first kappa shape index (κ1) is 14.0. The Kier molecular flexibility index (Phi) is 4.06. The first-order valence-corrected chi connectivity index (χ1v) is 13.6. The summed E-state index contributed by atoms with van der Waals surface area (Å²) in [5.74, 6) is 0.800. The molecule has 2 heteroatoms. The minimum atomic E-state index is -1.03. The van der Waals surface area contributed by atoms with Crippen LogP contribution in [0.5, 0.6) is 0 Å². The molecule has 0 aromatic carbocycles. The van der Waals surface area contributed by atoms with Crippen LogP contribution in [0.4, 0.5) is 0 Å². The highest BCUT2D eigenvalue weighted by Crippen LogP contribution is 2.36. The molecule has 16 heavy (non-hydrogen) atoms. The molecule has 0 amide bonds. The van der Waals surface area contributed by atoms with Crippen LogP contribution in [0.25, 0.3) is 0 Å². The molecule has 0 saturated heterocycles. The molecule has 1 atom stereocenters. The smallest absolute Gasteiger partial charge is 0.0686 e. The molecular weight excluding hydrogens is 224 g/mol. The van der Waals surface area contributed by atoms with E-state index in [-0.39, 0.29) is 0 Å². The van der Waals surface area contributed by atoms with Crippen molar-refractivity contribution < 1.29 is 0 Å². The van der Waals surface area contributed by atoms with Gasteiger partial charge in [-0.3, -0.25) is 0 Å². The van der Waals surface area contributed by atoms with E-state index in [9.17, 15) is 0 Å². The summed E-state index contributed by atoms with van der Waals surface area (Å²) >= 11 is 0. The van der Waals surface area contributed by atoms with Gasteiger partial charge >= 0.3 is 0 Å². The zero-order valence-corrected chi connectivity index (χ0v) is 14.1. The van der Waals surface area contributed by atoms with Crippen LogP contribution in [0.15, 0.2) is 22.5 Å². The molecule has 1 saturated carbocycles. The van der Waals surface area contributed by atoms with E-state index in [1.165, 1.54) is 12.8 Å². The largest absolute Gasteiger partial charge is 0.0954 e. The Balaban J connectivity index is 2.83. The number of allylic oxidation sites excluding steroid dienone is 2. The first-order chi connectivity index (χ1) is 7.07. The SMILES string of the molecule is CC1C/C(=C/[Si](C)(C)C)C/C1=C\[Si](C)(C)C. The van der Waals surface area contributed by atoms with Crippen LogP contribution in [-0.4, -0.2) is 16.1 Å². The van der Waals surface area contributed by atoms with E-state index in [0.29, 0.717) is 0 Å². The van der Waals surface area contributed by atoms with Gasteiger partial charge in [0.2, 0.25) is 0 Å². The van der Waals surface area contributed by atoms with E-state index < -0.39 is 16.1 Å². The van der Waals surface area contributed by atoms with E-state index in [2.05, 4.69) is 57.6 Å². The van der Waals surface area contributed by atoms with Crippen molar-refractivity contribution in [2.45, 2.75) is 59.0 Å². The van der Waals surface area contributed by atoms with E-state index in [1.54, 1.807) is 11.1 Å². The van der Waals surface area contributed by atoms with Gasteiger partial charge in [0, 0.05) is 0 Å². The topological polar surface area (TPSA) is 0 Å². The molecule has 0 spiro atoms. The molecule has 1 rings (SSSR count).